The van der Waals surface area contributed by atoms with Crippen LogP contribution in [0.15, 0.2) is 30.3 Å². The van der Waals surface area contributed by atoms with Gasteiger partial charge >= 0.3 is 6.09 Å². The molecule has 0 aliphatic heterocycles. The first-order valence-electron chi connectivity index (χ1n) is 9.05. The minimum absolute atomic E-state index is 0.168. The van der Waals surface area contributed by atoms with E-state index in [-0.39, 0.29) is 38.1 Å². The summed E-state index contributed by atoms with van der Waals surface area (Å²) in [6, 6.07) is 9.10. The Morgan fingerprint density at radius 3 is 2.37 bits per heavy atom. The Morgan fingerprint density at radius 2 is 1.78 bits per heavy atom. The van der Waals surface area contributed by atoms with E-state index < -0.39 is 17.3 Å². The molecule has 0 unspecified atom stereocenters. The Morgan fingerprint density at radius 1 is 1.15 bits per heavy atom. The van der Waals surface area contributed by atoms with Crippen LogP contribution in [-0.2, 0) is 20.9 Å². The number of carbonyl (C=O) groups is 2. The third-order valence-electron chi connectivity index (χ3n) is 3.63. The average Bonchev–Trinajstić information content (AvgIpc) is 2.57. The fraction of sp³-hybridized carbons (Fsp3) is 0.600. The lowest BCUT2D eigenvalue weighted by molar-refractivity contribution is -0.544. The molecule has 7 heteroatoms. The SMILES string of the molecule is C[C@@H](CNC(=O)CC(C)(C)COC(C)(C)[O-])NC(=O)OCc1ccccc1. The highest BCUT2D eigenvalue weighted by molar-refractivity contribution is 5.76. The fourth-order valence-electron chi connectivity index (χ4n) is 2.20. The summed E-state index contributed by atoms with van der Waals surface area (Å²) in [7, 11) is 0. The van der Waals surface area contributed by atoms with E-state index in [1.54, 1.807) is 6.92 Å². The lowest BCUT2D eigenvalue weighted by Gasteiger charge is -2.36. The summed E-state index contributed by atoms with van der Waals surface area (Å²) in [6.07, 6.45) is -0.319. The van der Waals surface area contributed by atoms with Gasteiger partial charge in [-0.3, -0.25) is 4.79 Å². The van der Waals surface area contributed by atoms with Crippen molar-refractivity contribution in [2.24, 2.45) is 5.41 Å². The summed E-state index contributed by atoms with van der Waals surface area (Å²) in [4.78, 5) is 23.9. The normalized spacial score (nSPS) is 13.0. The second kappa shape index (κ2) is 10.3. The van der Waals surface area contributed by atoms with Gasteiger partial charge in [-0.25, -0.2) is 4.79 Å². The van der Waals surface area contributed by atoms with Crippen molar-refractivity contribution in [2.45, 2.75) is 59.5 Å². The van der Waals surface area contributed by atoms with E-state index in [1.807, 2.05) is 44.2 Å². The maximum atomic E-state index is 12.1. The molecule has 1 rings (SSSR count). The van der Waals surface area contributed by atoms with Gasteiger partial charge in [-0.15, -0.1) is 0 Å². The molecule has 0 saturated carbocycles. The lowest BCUT2D eigenvalue weighted by atomic mass is 9.90. The molecule has 0 saturated heterocycles. The topological polar surface area (TPSA) is 99.7 Å². The van der Waals surface area contributed by atoms with Crippen molar-refractivity contribution in [1.82, 2.24) is 10.6 Å². The van der Waals surface area contributed by atoms with Crippen molar-refractivity contribution in [1.29, 1.82) is 0 Å². The molecule has 0 aliphatic carbocycles. The fourth-order valence-corrected chi connectivity index (χ4v) is 2.20. The van der Waals surface area contributed by atoms with E-state index in [9.17, 15) is 14.7 Å². The number of benzene rings is 1. The molecule has 152 valence electrons. The molecule has 2 amide bonds. The van der Waals surface area contributed by atoms with E-state index in [1.165, 1.54) is 13.8 Å². The number of ether oxygens (including phenoxy) is 2. The first-order chi connectivity index (χ1) is 12.5. The molecule has 0 radical (unpaired) electrons. The van der Waals surface area contributed by atoms with Crippen molar-refractivity contribution in [2.75, 3.05) is 13.2 Å². The Bertz CT molecular complexity index is 596. The van der Waals surface area contributed by atoms with Crippen molar-refractivity contribution in [3.05, 3.63) is 35.9 Å². The van der Waals surface area contributed by atoms with Crippen molar-refractivity contribution < 1.29 is 24.2 Å². The third-order valence-corrected chi connectivity index (χ3v) is 3.63. The van der Waals surface area contributed by atoms with Gasteiger partial charge in [-0.05, 0) is 23.7 Å². The summed E-state index contributed by atoms with van der Waals surface area (Å²) < 4.78 is 10.4. The zero-order chi connectivity index (χ0) is 20.5. The largest absolute Gasteiger partial charge is 0.829 e. The van der Waals surface area contributed by atoms with E-state index in [4.69, 9.17) is 9.47 Å². The van der Waals surface area contributed by atoms with Gasteiger partial charge in [0.05, 0.1) is 6.61 Å². The highest BCUT2D eigenvalue weighted by Gasteiger charge is 2.24. The average molecular weight is 379 g/mol. The number of hydrogen-bond acceptors (Lipinski definition) is 5. The summed E-state index contributed by atoms with van der Waals surface area (Å²) >= 11 is 0. The molecular weight excluding hydrogens is 348 g/mol. The van der Waals surface area contributed by atoms with Crippen LogP contribution in [0.1, 0.15) is 46.6 Å². The number of rotatable bonds is 10. The molecule has 27 heavy (non-hydrogen) atoms. The Kier molecular flexibility index (Phi) is 8.72. The Balaban J connectivity index is 2.27. The van der Waals surface area contributed by atoms with E-state index >= 15 is 0 Å². The molecule has 0 heterocycles. The standard InChI is InChI=1S/C20H31N2O5/c1-15(22-18(24)26-13-16-9-7-6-8-10-16)12-21-17(23)11-19(2,3)14-27-20(4,5)25/h6-10,15H,11-14H2,1-5H3,(H,21,23)(H,22,24)/q-1/t15-/m0/s1. The van der Waals surface area contributed by atoms with Gasteiger partial charge in [0.1, 0.15) is 6.61 Å². The number of hydrogen-bond donors (Lipinski definition) is 2. The van der Waals surface area contributed by atoms with Crippen LogP contribution in [0.4, 0.5) is 4.79 Å². The van der Waals surface area contributed by atoms with Crippen molar-refractivity contribution in [3.63, 3.8) is 0 Å². The molecule has 7 nitrogen and oxygen atoms in total. The monoisotopic (exact) mass is 379 g/mol. The van der Waals surface area contributed by atoms with Gasteiger partial charge in [-0.1, -0.05) is 58.0 Å². The maximum absolute atomic E-state index is 12.1. The number of carbonyl (C=O) groups excluding carboxylic acids is 2. The molecule has 0 bridgehead atoms. The van der Waals surface area contributed by atoms with Crippen LogP contribution in [0.5, 0.6) is 0 Å². The summed E-state index contributed by atoms with van der Waals surface area (Å²) in [5, 5.41) is 17.0. The number of alkyl carbamates (subject to hydrolysis) is 1. The van der Waals surface area contributed by atoms with Crippen LogP contribution < -0.4 is 15.7 Å². The van der Waals surface area contributed by atoms with Crippen molar-refractivity contribution in [3.8, 4) is 0 Å². The third kappa shape index (κ3) is 11.2. The van der Waals surface area contributed by atoms with E-state index in [0.717, 1.165) is 5.56 Å². The van der Waals surface area contributed by atoms with Gasteiger partial charge in [0, 0.05) is 19.0 Å². The maximum Gasteiger partial charge on any atom is 0.407 e. The van der Waals surface area contributed by atoms with Crippen LogP contribution in [0, 0.1) is 5.41 Å². The second-order valence-electron chi connectivity index (χ2n) is 7.94. The van der Waals surface area contributed by atoms with Gasteiger partial charge in [0.15, 0.2) is 0 Å². The smallest absolute Gasteiger partial charge is 0.407 e. The van der Waals surface area contributed by atoms with E-state index in [0.29, 0.717) is 0 Å². The summed E-state index contributed by atoms with van der Waals surface area (Å²) in [5.74, 6) is -1.65. The summed E-state index contributed by atoms with van der Waals surface area (Å²) in [5.41, 5.74) is 0.441. The minimum atomic E-state index is -1.48. The highest BCUT2D eigenvalue weighted by Crippen LogP contribution is 2.22. The quantitative estimate of drug-likeness (QED) is 0.605. The van der Waals surface area contributed by atoms with Crippen LogP contribution in [-0.4, -0.2) is 37.0 Å². The van der Waals surface area contributed by atoms with Crippen LogP contribution in [0.25, 0.3) is 0 Å². The number of nitrogens with one attached hydrogen (secondary N) is 2. The zero-order valence-electron chi connectivity index (χ0n) is 16.8. The van der Waals surface area contributed by atoms with E-state index in [2.05, 4.69) is 10.6 Å². The second-order valence-corrected chi connectivity index (χ2v) is 7.94. The Labute approximate surface area is 161 Å². The zero-order valence-corrected chi connectivity index (χ0v) is 16.8. The molecular formula is C20H31N2O5-. The van der Waals surface area contributed by atoms with Gasteiger partial charge in [0.25, 0.3) is 0 Å². The van der Waals surface area contributed by atoms with Gasteiger partial charge in [-0.2, -0.15) is 0 Å². The highest BCUT2D eigenvalue weighted by atomic mass is 16.6. The molecule has 0 fully saturated rings. The molecule has 0 spiro atoms. The lowest BCUT2D eigenvalue weighted by Crippen LogP contribution is -2.44. The first kappa shape index (κ1) is 22.9. The molecule has 0 aromatic heterocycles. The minimum Gasteiger partial charge on any atom is -0.829 e. The van der Waals surface area contributed by atoms with Gasteiger partial charge < -0.3 is 25.2 Å². The molecule has 1 atom stereocenters. The predicted octanol–water partition coefficient (Wildman–Crippen LogP) is 1.95. The summed E-state index contributed by atoms with van der Waals surface area (Å²) in [6.45, 7) is 9.04. The van der Waals surface area contributed by atoms with Crippen molar-refractivity contribution >= 4 is 12.0 Å². The molecule has 2 N–H and O–H groups in total. The first-order valence-corrected chi connectivity index (χ1v) is 9.05. The van der Waals surface area contributed by atoms with Crippen LogP contribution in [0.2, 0.25) is 0 Å². The molecule has 1 aromatic carbocycles. The van der Waals surface area contributed by atoms with Crippen LogP contribution >= 0.6 is 0 Å². The predicted molar refractivity (Wildman–Crippen MR) is 101 cm³/mol. The van der Waals surface area contributed by atoms with Gasteiger partial charge in [0.2, 0.25) is 5.91 Å². The molecule has 0 aliphatic rings. The molecule has 1 aromatic rings. The van der Waals surface area contributed by atoms with Crippen LogP contribution in [0.3, 0.4) is 0 Å². The Hall–Kier alpha value is -2.12. The number of amides is 2.